The van der Waals surface area contributed by atoms with E-state index in [2.05, 4.69) is 0 Å². The Balaban J connectivity index is 1.96. The number of ketones is 1. The zero-order valence-corrected chi connectivity index (χ0v) is 14.9. The molecule has 0 aliphatic heterocycles. The molecule has 0 fully saturated rings. The third-order valence-electron chi connectivity index (χ3n) is 3.97. The molecule has 0 saturated carbocycles. The summed E-state index contributed by atoms with van der Waals surface area (Å²) in [7, 11) is 0. The molecule has 6 heteroatoms. The molecule has 0 radical (unpaired) electrons. The number of nitrogens with two attached hydrogens (primary N) is 1. The van der Waals surface area contributed by atoms with Crippen LogP contribution in [0.15, 0.2) is 42.5 Å². The summed E-state index contributed by atoms with van der Waals surface area (Å²) in [5, 5.41) is 0. The average molecular weight is 355 g/mol. The van der Waals surface area contributed by atoms with Crippen molar-refractivity contribution in [2.45, 2.75) is 26.9 Å². The number of hydrogen-bond donors (Lipinski definition) is 1. The zero-order chi connectivity index (χ0) is 19.3. The fraction of sp³-hybridized carbons (Fsp3) is 0.250. The first-order valence-electron chi connectivity index (χ1n) is 8.12. The Labute approximate surface area is 151 Å². The van der Waals surface area contributed by atoms with Crippen molar-refractivity contribution >= 4 is 17.7 Å². The molecular formula is C20H21NO5. The molecule has 136 valence electrons. The predicted molar refractivity (Wildman–Crippen MR) is 96.3 cm³/mol. The van der Waals surface area contributed by atoms with Gasteiger partial charge in [-0.1, -0.05) is 24.3 Å². The molecule has 0 saturated heterocycles. The number of carbonyl (C=O) groups excluding carboxylic acids is 3. The maximum Gasteiger partial charge on any atom is 0.344 e. The third-order valence-corrected chi connectivity index (χ3v) is 3.97. The number of hydrogen-bond acceptors (Lipinski definition) is 5. The van der Waals surface area contributed by atoms with Gasteiger partial charge in [0.25, 0.3) is 5.91 Å². The first kappa shape index (κ1) is 19.2. The van der Waals surface area contributed by atoms with E-state index >= 15 is 0 Å². The number of ether oxygens (including phenoxy) is 2. The highest BCUT2D eigenvalue weighted by molar-refractivity contribution is 6.00. The van der Waals surface area contributed by atoms with Gasteiger partial charge in [0.15, 0.2) is 12.7 Å². The number of esters is 1. The molecule has 0 unspecified atom stereocenters. The predicted octanol–water partition coefficient (Wildman–Crippen LogP) is 2.60. The lowest BCUT2D eigenvalue weighted by Gasteiger charge is -2.14. The van der Waals surface area contributed by atoms with Crippen molar-refractivity contribution in [3.8, 4) is 5.75 Å². The van der Waals surface area contributed by atoms with Gasteiger partial charge in [-0.3, -0.25) is 9.59 Å². The molecule has 2 aromatic carbocycles. The Morgan fingerprint density at radius 3 is 2.38 bits per heavy atom. The van der Waals surface area contributed by atoms with Crippen LogP contribution in [-0.4, -0.2) is 30.4 Å². The molecule has 26 heavy (non-hydrogen) atoms. The standard InChI is InChI=1S/C20H21NO5/c1-12-8-9-15(10-13(12)2)19(23)14(3)26-18(22)11-25-17-7-5-4-6-16(17)20(21)24/h4-10,14H,11H2,1-3H3,(H2,21,24)/t14-/m0/s1. The second-order valence-corrected chi connectivity index (χ2v) is 5.94. The van der Waals surface area contributed by atoms with Crippen LogP contribution in [-0.2, 0) is 9.53 Å². The van der Waals surface area contributed by atoms with Gasteiger partial charge in [0.2, 0.25) is 5.78 Å². The number of carbonyl (C=O) groups is 3. The Morgan fingerprint density at radius 1 is 1.04 bits per heavy atom. The molecule has 1 amide bonds. The van der Waals surface area contributed by atoms with Gasteiger partial charge in [-0.2, -0.15) is 0 Å². The molecule has 1 atom stereocenters. The van der Waals surface area contributed by atoms with Crippen LogP contribution >= 0.6 is 0 Å². The SMILES string of the molecule is Cc1ccc(C(=O)[C@H](C)OC(=O)COc2ccccc2C(N)=O)cc1C. The molecule has 2 aromatic rings. The molecule has 0 aromatic heterocycles. The number of Topliss-reactive ketones (excluding diaryl/α,β-unsaturated/α-hetero) is 1. The summed E-state index contributed by atoms with van der Waals surface area (Å²) in [6, 6.07) is 11.6. The van der Waals surface area contributed by atoms with E-state index in [4.69, 9.17) is 15.2 Å². The van der Waals surface area contributed by atoms with Gasteiger partial charge in [-0.15, -0.1) is 0 Å². The molecule has 0 spiro atoms. The monoisotopic (exact) mass is 355 g/mol. The van der Waals surface area contributed by atoms with Crippen LogP contribution in [0.5, 0.6) is 5.75 Å². The summed E-state index contributed by atoms with van der Waals surface area (Å²) in [6.07, 6.45) is -0.945. The van der Waals surface area contributed by atoms with E-state index in [1.165, 1.54) is 19.1 Å². The van der Waals surface area contributed by atoms with Crippen LogP contribution in [0.1, 0.15) is 38.8 Å². The number of primary amides is 1. The van der Waals surface area contributed by atoms with E-state index in [0.717, 1.165) is 11.1 Å². The first-order valence-corrected chi connectivity index (χ1v) is 8.12. The van der Waals surface area contributed by atoms with Gasteiger partial charge in [-0.25, -0.2) is 4.79 Å². The lowest BCUT2D eigenvalue weighted by molar-refractivity contribution is -0.148. The van der Waals surface area contributed by atoms with E-state index in [9.17, 15) is 14.4 Å². The van der Waals surface area contributed by atoms with Crippen molar-refractivity contribution in [2.75, 3.05) is 6.61 Å². The summed E-state index contributed by atoms with van der Waals surface area (Å²) in [5.41, 5.74) is 7.96. The number of rotatable bonds is 7. The highest BCUT2D eigenvalue weighted by Gasteiger charge is 2.20. The van der Waals surface area contributed by atoms with Crippen molar-refractivity contribution in [3.63, 3.8) is 0 Å². The summed E-state index contributed by atoms with van der Waals surface area (Å²) in [5.74, 6) is -1.48. The lowest BCUT2D eigenvalue weighted by Crippen LogP contribution is -2.27. The Bertz CT molecular complexity index is 844. The van der Waals surface area contributed by atoms with Gasteiger partial charge < -0.3 is 15.2 Å². The number of aryl methyl sites for hydroxylation is 2. The lowest BCUT2D eigenvalue weighted by atomic mass is 10.0. The van der Waals surface area contributed by atoms with Crippen molar-refractivity contribution in [1.29, 1.82) is 0 Å². The first-order chi connectivity index (χ1) is 12.3. The molecule has 2 rings (SSSR count). The molecule has 6 nitrogen and oxygen atoms in total. The van der Waals surface area contributed by atoms with Crippen LogP contribution in [0.4, 0.5) is 0 Å². The normalized spacial score (nSPS) is 11.5. The summed E-state index contributed by atoms with van der Waals surface area (Å²) in [4.78, 5) is 35.7. The van der Waals surface area contributed by atoms with Crippen LogP contribution in [0.3, 0.4) is 0 Å². The van der Waals surface area contributed by atoms with Gasteiger partial charge in [0, 0.05) is 5.56 Å². The molecule has 0 bridgehead atoms. The largest absolute Gasteiger partial charge is 0.481 e. The van der Waals surface area contributed by atoms with E-state index in [-0.39, 0.29) is 17.1 Å². The number of amides is 1. The molecular weight excluding hydrogens is 334 g/mol. The Kier molecular flexibility index (Phi) is 6.11. The molecule has 0 aliphatic carbocycles. The third kappa shape index (κ3) is 4.69. The maximum atomic E-state index is 12.4. The minimum Gasteiger partial charge on any atom is -0.481 e. The topological polar surface area (TPSA) is 95.7 Å². The van der Waals surface area contributed by atoms with Crippen LogP contribution in [0.2, 0.25) is 0 Å². The van der Waals surface area contributed by atoms with Crippen LogP contribution < -0.4 is 10.5 Å². The van der Waals surface area contributed by atoms with Crippen molar-refractivity contribution in [1.82, 2.24) is 0 Å². The smallest absolute Gasteiger partial charge is 0.344 e. The fourth-order valence-corrected chi connectivity index (χ4v) is 2.35. The van der Waals surface area contributed by atoms with E-state index in [1.54, 1.807) is 24.3 Å². The Hall–Kier alpha value is -3.15. The fourth-order valence-electron chi connectivity index (χ4n) is 2.35. The van der Waals surface area contributed by atoms with Crippen LogP contribution in [0, 0.1) is 13.8 Å². The average Bonchev–Trinajstić information content (AvgIpc) is 2.61. The summed E-state index contributed by atoms with van der Waals surface area (Å²) < 4.78 is 10.4. The summed E-state index contributed by atoms with van der Waals surface area (Å²) in [6.45, 7) is 4.93. The van der Waals surface area contributed by atoms with Crippen molar-refractivity contribution in [2.24, 2.45) is 5.73 Å². The van der Waals surface area contributed by atoms with E-state index < -0.39 is 24.6 Å². The van der Waals surface area contributed by atoms with E-state index in [1.807, 2.05) is 19.9 Å². The summed E-state index contributed by atoms with van der Waals surface area (Å²) >= 11 is 0. The van der Waals surface area contributed by atoms with Gasteiger partial charge >= 0.3 is 5.97 Å². The highest BCUT2D eigenvalue weighted by Crippen LogP contribution is 2.17. The number of benzene rings is 2. The van der Waals surface area contributed by atoms with Gasteiger partial charge in [0.05, 0.1) is 5.56 Å². The zero-order valence-electron chi connectivity index (χ0n) is 14.9. The number of para-hydroxylation sites is 1. The second-order valence-electron chi connectivity index (χ2n) is 5.94. The van der Waals surface area contributed by atoms with Crippen molar-refractivity contribution in [3.05, 3.63) is 64.7 Å². The van der Waals surface area contributed by atoms with E-state index in [0.29, 0.717) is 5.56 Å². The van der Waals surface area contributed by atoms with Gasteiger partial charge in [-0.05, 0) is 50.1 Å². The minimum absolute atomic E-state index is 0.166. The molecule has 0 heterocycles. The quantitative estimate of drug-likeness (QED) is 0.608. The molecule has 2 N–H and O–H groups in total. The minimum atomic E-state index is -0.945. The second kappa shape index (κ2) is 8.29. The van der Waals surface area contributed by atoms with Gasteiger partial charge in [0.1, 0.15) is 5.75 Å². The van der Waals surface area contributed by atoms with Crippen molar-refractivity contribution < 1.29 is 23.9 Å². The van der Waals surface area contributed by atoms with Crippen LogP contribution in [0.25, 0.3) is 0 Å². The maximum absolute atomic E-state index is 12.4. The molecule has 0 aliphatic rings. The highest BCUT2D eigenvalue weighted by atomic mass is 16.6. The Morgan fingerprint density at radius 2 is 1.73 bits per heavy atom.